The van der Waals surface area contributed by atoms with Gasteiger partial charge >= 0.3 is 18.0 Å². The Morgan fingerprint density at radius 2 is 1.95 bits per heavy atom. The van der Waals surface area contributed by atoms with Gasteiger partial charge in [0.25, 0.3) is 0 Å². The number of carboxylic acids is 1. The lowest BCUT2D eigenvalue weighted by molar-refractivity contribution is -0.141. The third kappa shape index (κ3) is 6.65. The van der Waals surface area contributed by atoms with E-state index in [1.807, 2.05) is 6.26 Å². The summed E-state index contributed by atoms with van der Waals surface area (Å²) in [6, 6.07) is -1.79. The van der Waals surface area contributed by atoms with Gasteiger partial charge in [0, 0.05) is 6.04 Å². The molecular weight excluding hydrogens is 284 g/mol. The van der Waals surface area contributed by atoms with Crippen molar-refractivity contribution in [1.82, 2.24) is 10.2 Å². The van der Waals surface area contributed by atoms with Crippen molar-refractivity contribution >= 4 is 29.7 Å². The van der Waals surface area contributed by atoms with E-state index in [0.29, 0.717) is 12.2 Å². The standard InChI is InChI=1S/C12H22N2O5S/c1-8(2)14(7-10(15)19-3)12(18)13-9(11(16)17)5-6-20-4/h8-9H,5-7H2,1-4H3,(H,13,18)(H,16,17)/t9-/m1/s1. The first-order valence-electron chi connectivity index (χ1n) is 6.19. The lowest BCUT2D eigenvalue weighted by atomic mass is 10.2. The summed E-state index contributed by atoms with van der Waals surface area (Å²) in [4.78, 5) is 35.6. The minimum absolute atomic E-state index is 0.213. The number of hydrogen-bond acceptors (Lipinski definition) is 5. The van der Waals surface area contributed by atoms with Gasteiger partial charge in [-0.25, -0.2) is 9.59 Å². The van der Waals surface area contributed by atoms with Gasteiger partial charge in [-0.3, -0.25) is 4.79 Å². The summed E-state index contributed by atoms with van der Waals surface area (Å²) in [5.41, 5.74) is 0. The largest absolute Gasteiger partial charge is 0.480 e. The van der Waals surface area contributed by atoms with Crippen LogP contribution in [0, 0.1) is 0 Å². The molecule has 20 heavy (non-hydrogen) atoms. The van der Waals surface area contributed by atoms with E-state index in [9.17, 15) is 14.4 Å². The first-order chi connectivity index (χ1) is 9.33. The number of carbonyl (C=O) groups is 3. The number of esters is 1. The van der Waals surface area contributed by atoms with Crippen LogP contribution in [0.15, 0.2) is 0 Å². The molecule has 2 amide bonds. The van der Waals surface area contributed by atoms with Gasteiger partial charge in [0.2, 0.25) is 0 Å². The van der Waals surface area contributed by atoms with Crippen LogP contribution < -0.4 is 5.32 Å². The van der Waals surface area contributed by atoms with Gasteiger partial charge in [-0.2, -0.15) is 11.8 Å². The van der Waals surface area contributed by atoms with Gasteiger partial charge in [-0.1, -0.05) is 0 Å². The van der Waals surface area contributed by atoms with Crippen LogP contribution in [0.5, 0.6) is 0 Å². The van der Waals surface area contributed by atoms with E-state index in [4.69, 9.17) is 5.11 Å². The van der Waals surface area contributed by atoms with E-state index in [-0.39, 0.29) is 12.6 Å². The number of amides is 2. The quantitative estimate of drug-likeness (QED) is 0.644. The minimum atomic E-state index is -1.09. The maximum absolute atomic E-state index is 12.1. The molecule has 7 nitrogen and oxygen atoms in total. The molecule has 8 heteroatoms. The zero-order chi connectivity index (χ0) is 15.7. The van der Waals surface area contributed by atoms with Crippen LogP contribution in [0.4, 0.5) is 4.79 Å². The maximum Gasteiger partial charge on any atom is 0.326 e. The summed E-state index contributed by atoms with van der Waals surface area (Å²) in [6.45, 7) is 3.26. The third-order valence-corrected chi connectivity index (χ3v) is 3.26. The van der Waals surface area contributed by atoms with Crippen molar-refractivity contribution in [2.24, 2.45) is 0 Å². The van der Waals surface area contributed by atoms with Crippen molar-refractivity contribution in [2.45, 2.75) is 32.4 Å². The number of ether oxygens (including phenoxy) is 1. The Morgan fingerprint density at radius 3 is 2.35 bits per heavy atom. The Labute approximate surface area is 123 Å². The highest BCUT2D eigenvalue weighted by Crippen LogP contribution is 2.04. The van der Waals surface area contributed by atoms with Gasteiger partial charge in [-0.15, -0.1) is 0 Å². The summed E-state index contributed by atoms with van der Waals surface area (Å²) in [6.07, 6.45) is 2.19. The molecule has 0 spiro atoms. The molecule has 0 aliphatic carbocycles. The van der Waals surface area contributed by atoms with Crippen LogP contribution in [0.3, 0.4) is 0 Å². The molecule has 2 N–H and O–H groups in total. The van der Waals surface area contributed by atoms with E-state index >= 15 is 0 Å². The summed E-state index contributed by atoms with van der Waals surface area (Å²) < 4.78 is 4.52. The number of nitrogens with one attached hydrogen (secondary N) is 1. The van der Waals surface area contributed by atoms with E-state index in [2.05, 4.69) is 10.1 Å². The molecule has 0 aromatic heterocycles. The van der Waals surface area contributed by atoms with Crippen LogP contribution in [0.1, 0.15) is 20.3 Å². The Morgan fingerprint density at radius 1 is 1.35 bits per heavy atom. The van der Waals surface area contributed by atoms with E-state index in [1.165, 1.54) is 23.8 Å². The molecule has 0 aromatic rings. The molecule has 0 fully saturated rings. The molecule has 0 saturated heterocycles. The molecule has 0 aliphatic heterocycles. The summed E-state index contributed by atoms with van der Waals surface area (Å²) in [5.74, 6) is -1.02. The van der Waals surface area contributed by atoms with E-state index in [1.54, 1.807) is 13.8 Å². The predicted octanol–water partition coefficient (Wildman–Crippen LogP) is 0.786. The predicted molar refractivity (Wildman–Crippen MR) is 76.8 cm³/mol. The third-order valence-electron chi connectivity index (χ3n) is 2.62. The van der Waals surface area contributed by atoms with Crippen LogP contribution in [0.2, 0.25) is 0 Å². The zero-order valence-corrected chi connectivity index (χ0v) is 13.0. The Hall–Kier alpha value is -1.44. The number of aliphatic carboxylic acids is 1. The first-order valence-corrected chi connectivity index (χ1v) is 7.58. The second kappa shape index (κ2) is 9.46. The van der Waals surface area contributed by atoms with Crippen molar-refractivity contribution in [3.63, 3.8) is 0 Å². The number of hydrogen-bond donors (Lipinski definition) is 2. The fourth-order valence-corrected chi connectivity index (χ4v) is 1.89. The summed E-state index contributed by atoms with van der Waals surface area (Å²) in [7, 11) is 1.23. The van der Waals surface area contributed by atoms with Crippen LogP contribution in [0.25, 0.3) is 0 Å². The lowest BCUT2D eigenvalue weighted by Gasteiger charge is -2.27. The fourth-order valence-electron chi connectivity index (χ4n) is 1.42. The number of methoxy groups -OCH3 is 1. The van der Waals surface area contributed by atoms with Crippen LogP contribution in [-0.2, 0) is 14.3 Å². The fraction of sp³-hybridized carbons (Fsp3) is 0.750. The highest BCUT2D eigenvalue weighted by molar-refractivity contribution is 7.98. The summed E-state index contributed by atoms with van der Waals surface area (Å²) >= 11 is 1.50. The number of rotatable bonds is 8. The molecule has 0 radical (unpaired) electrons. The molecule has 0 aliphatic rings. The molecule has 0 aromatic carbocycles. The second-order valence-electron chi connectivity index (χ2n) is 4.42. The highest BCUT2D eigenvalue weighted by Gasteiger charge is 2.25. The monoisotopic (exact) mass is 306 g/mol. The molecular formula is C12H22N2O5S. The lowest BCUT2D eigenvalue weighted by Crippen LogP contribution is -2.51. The van der Waals surface area contributed by atoms with E-state index in [0.717, 1.165) is 0 Å². The zero-order valence-electron chi connectivity index (χ0n) is 12.2. The number of urea groups is 1. The Bertz CT molecular complexity index is 349. The van der Waals surface area contributed by atoms with Crippen molar-refractivity contribution in [2.75, 3.05) is 25.7 Å². The number of carboxylic acid groups (broad SMARTS) is 1. The molecule has 0 bridgehead atoms. The molecule has 0 heterocycles. The number of nitrogens with zero attached hydrogens (tertiary/aromatic N) is 1. The highest BCUT2D eigenvalue weighted by atomic mass is 32.2. The van der Waals surface area contributed by atoms with Crippen molar-refractivity contribution < 1.29 is 24.2 Å². The maximum atomic E-state index is 12.1. The minimum Gasteiger partial charge on any atom is -0.480 e. The van der Waals surface area contributed by atoms with Crippen LogP contribution in [-0.4, -0.2) is 65.7 Å². The molecule has 116 valence electrons. The topological polar surface area (TPSA) is 95.9 Å². The smallest absolute Gasteiger partial charge is 0.326 e. The average Bonchev–Trinajstić information content (AvgIpc) is 2.39. The van der Waals surface area contributed by atoms with Gasteiger partial charge in [0.15, 0.2) is 0 Å². The molecule has 0 saturated carbocycles. The Kier molecular flexibility index (Phi) is 8.78. The summed E-state index contributed by atoms with van der Waals surface area (Å²) in [5, 5.41) is 11.5. The van der Waals surface area contributed by atoms with Gasteiger partial charge in [-0.05, 0) is 32.3 Å². The molecule has 1 atom stereocenters. The Balaban J connectivity index is 4.70. The molecule has 0 unspecified atom stereocenters. The van der Waals surface area contributed by atoms with Gasteiger partial charge in [0.05, 0.1) is 7.11 Å². The number of carbonyl (C=O) groups excluding carboxylic acids is 2. The van der Waals surface area contributed by atoms with Gasteiger partial charge in [0.1, 0.15) is 12.6 Å². The number of thioether (sulfide) groups is 1. The van der Waals surface area contributed by atoms with Crippen LogP contribution >= 0.6 is 11.8 Å². The van der Waals surface area contributed by atoms with Crippen molar-refractivity contribution in [3.05, 3.63) is 0 Å². The molecule has 0 rings (SSSR count). The van der Waals surface area contributed by atoms with E-state index < -0.39 is 24.0 Å². The average molecular weight is 306 g/mol. The van der Waals surface area contributed by atoms with Crippen molar-refractivity contribution in [1.29, 1.82) is 0 Å². The van der Waals surface area contributed by atoms with Crippen molar-refractivity contribution in [3.8, 4) is 0 Å². The normalized spacial score (nSPS) is 11.8. The first kappa shape index (κ1) is 18.6. The van der Waals surface area contributed by atoms with Gasteiger partial charge < -0.3 is 20.1 Å². The SMILES string of the molecule is COC(=O)CN(C(=O)N[C@H](CCSC)C(=O)O)C(C)C. The second-order valence-corrected chi connectivity index (χ2v) is 5.41.